The van der Waals surface area contributed by atoms with E-state index in [0.29, 0.717) is 22.9 Å². The van der Waals surface area contributed by atoms with E-state index in [1.807, 2.05) is 47.9 Å². The Bertz CT molecular complexity index is 1660. The van der Waals surface area contributed by atoms with Gasteiger partial charge in [-0.15, -0.1) is 10.2 Å². The number of imidazole rings is 1. The lowest BCUT2D eigenvalue weighted by Gasteiger charge is -2.10. The third-order valence-electron chi connectivity index (χ3n) is 6.22. The van der Waals surface area contributed by atoms with Crippen LogP contribution < -0.4 is 5.32 Å². The first-order valence-corrected chi connectivity index (χ1v) is 11.2. The highest BCUT2D eigenvalue weighted by Crippen LogP contribution is 2.30. The first-order valence-electron chi connectivity index (χ1n) is 11.2. The number of anilines is 1. The molecule has 9 nitrogen and oxygen atoms in total. The van der Waals surface area contributed by atoms with Crippen molar-refractivity contribution in [3.05, 3.63) is 77.8 Å². The van der Waals surface area contributed by atoms with Crippen LogP contribution in [-0.2, 0) is 4.79 Å². The maximum atomic E-state index is 13.8. The van der Waals surface area contributed by atoms with E-state index in [0.717, 1.165) is 29.7 Å². The van der Waals surface area contributed by atoms with E-state index < -0.39 is 5.82 Å². The van der Waals surface area contributed by atoms with Crippen LogP contribution in [0.3, 0.4) is 0 Å². The Labute approximate surface area is 198 Å². The van der Waals surface area contributed by atoms with Crippen molar-refractivity contribution in [1.82, 2.24) is 29.2 Å². The lowest BCUT2D eigenvalue weighted by atomic mass is 10.0. The van der Waals surface area contributed by atoms with Crippen LogP contribution in [-0.4, -0.2) is 35.1 Å². The molecule has 35 heavy (non-hydrogen) atoms. The molecule has 1 saturated carbocycles. The van der Waals surface area contributed by atoms with Gasteiger partial charge in [0.05, 0.1) is 23.4 Å². The molecule has 0 aliphatic heterocycles. The second-order valence-corrected chi connectivity index (χ2v) is 8.68. The lowest BCUT2D eigenvalue weighted by Crippen LogP contribution is -2.13. The second kappa shape index (κ2) is 7.99. The fourth-order valence-electron chi connectivity index (χ4n) is 4.06. The zero-order valence-corrected chi connectivity index (χ0v) is 18.7. The van der Waals surface area contributed by atoms with Crippen molar-refractivity contribution in [2.24, 2.45) is 5.92 Å². The zero-order chi connectivity index (χ0) is 24.1. The van der Waals surface area contributed by atoms with Gasteiger partial charge in [-0.2, -0.15) is 10.4 Å². The predicted molar refractivity (Wildman–Crippen MR) is 125 cm³/mol. The van der Waals surface area contributed by atoms with Crippen LogP contribution in [0.25, 0.3) is 22.4 Å². The number of amides is 1. The molecule has 0 saturated heterocycles. The van der Waals surface area contributed by atoms with Gasteiger partial charge in [-0.25, -0.2) is 13.9 Å². The van der Waals surface area contributed by atoms with Crippen molar-refractivity contribution in [3.63, 3.8) is 0 Å². The van der Waals surface area contributed by atoms with Gasteiger partial charge in [-0.3, -0.25) is 9.20 Å². The van der Waals surface area contributed by atoms with Crippen LogP contribution >= 0.6 is 0 Å². The summed E-state index contributed by atoms with van der Waals surface area (Å²) in [5, 5.41) is 25.4. The highest BCUT2D eigenvalue weighted by Gasteiger charge is 2.30. The number of pyridine rings is 1. The molecule has 4 aromatic heterocycles. The van der Waals surface area contributed by atoms with Gasteiger partial charge in [0.15, 0.2) is 17.1 Å². The first-order chi connectivity index (χ1) is 17.0. The van der Waals surface area contributed by atoms with E-state index in [4.69, 9.17) is 5.26 Å². The fraction of sp³-hybridized carbons (Fsp3) is 0.200. The van der Waals surface area contributed by atoms with E-state index >= 15 is 0 Å². The molecule has 4 heterocycles. The van der Waals surface area contributed by atoms with Crippen LogP contribution in [0.15, 0.2) is 54.9 Å². The Hall–Kier alpha value is -4.65. The molecule has 6 rings (SSSR count). The van der Waals surface area contributed by atoms with Crippen molar-refractivity contribution >= 4 is 23.0 Å². The van der Waals surface area contributed by atoms with Crippen molar-refractivity contribution in [1.29, 1.82) is 5.26 Å². The van der Waals surface area contributed by atoms with Gasteiger partial charge in [-0.1, -0.05) is 6.07 Å². The molecule has 0 bridgehead atoms. The number of carbonyl (C=O) groups excluding carboxylic acids is 1. The number of rotatable bonds is 5. The molecule has 10 heteroatoms. The summed E-state index contributed by atoms with van der Waals surface area (Å²) in [4.78, 5) is 16.5. The van der Waals surface area contributed by atoms with E-state index in [1.54, 1.807) is 16.8 Å². The summed E-state index contributed by atoms with van der Waals surface area (Å²) < 4.78 is 17.3. The zero-order valence-electron chi connectivity index (χ0n) is 18.7. The quantitative estimate of drug-likeness (QED) is 0.420. The van der Waals surface area contributed by atoms with Gasteiger partial charge < -0.3 is 5.32 Å². The molecule has 0 spiro atoms. The normalized spacial score (nSPS) is 14.2. The SMILES string of the molecule is CC(c1ccc2nc(NC(=O)C3CC3)cn2n1)c1nnc2ccc(-c3ccc(F)c(C#N)c3)cn12. The number of aromatic nitrogens is 6. The number of nitrogens with zero attached hydrogens (tertiary/aromatic N) is 7. The largest absolute Gasteiger partial charge is 0.309 e. The van der Waals surface area contributed by atoms with E-state index in [1.165, 1.54) is 12.1 Å². The highest BCUT2D eigenvalue weighted by molar-refractivity contribution is 5.93. The number of halogens is 1. The minimum Gasteiger partial charge on any atom is -0.309 e. The van der Waals surface area contributed by atoms with Gasteiger partial charge in [0, 0.05) is 12.1 Å². The Morgan fingerprint density at radius 1 is 1.11 bits per heavy atom. The molecule has 1 unspecified atom stereocenters. The minimum absolute atomic E-state index is 0.00391. The van der Waals surface area contributed by atoms with Gasteiger partial charge in [0.25, 0.3) is 0 Å². The monoisotopic (exact) mass is 466 g/mol. The maximum Gasteiger partial charge on any atom is 0.228 e. The summed E-state index contributed by atoms with van der Waals surface area (Å²) >= 11 is 0. The van der Waals surface area contributed by atoms with Gasteiger partial charge >= 0.3 is 0 Å². The Balaban J connectivity index is 1.33. The third-order valence-corrected chi connectivity index (χ3v) is 6.22. The van der Waals surface area contributed by atoms with E-state index in [2.05, 4.69) is 25.6 Å². The molecule has 1 fully saturated rings. The van der Waals surface area contributed by atoms with Crippen LogP contribution in [0.1, 0.15) is 42.8 Å². The molecule has 1 aliphatic rings. The first kappa shape index (κ1) is 20.9. The summed E-state index contributed by atoms with van der Waals surface area (Å²) in [6.07, 6.45) is 5.42. The fourth-order valence-corrected chi connectivity index (χ4v) is 4.06. The third kappa shape index (κ3) is 3.77. The summed E-state index contributed by atoms with van der Waals surface area (Å²) in [5.41, 5.74) is 3.55. The highest BCUT2D eigenvalue weighted by atomic mass is 19.1. The number of nitrogens with one attached hydrogen (secondary N) is 1. The van der Waals surface area contributed by atoms with Crippen LogP contribution in [0.2, 0.25) is 0 Å². The van der Waals surface area contributed by atoms with E-state index in [-0.39, 0.29) is 23.3 Å². The van der Waals surface area contributed by atoms with Gasteiger partial charge in [-0.05, 0) is 67.3 Å². The molecule has 172 valence electrons. The standard InChI is InChI=1S/C25H19FN8O/c1-14(20-7-9-22-28-21(13-34(22)32-20)29-25(35)15-2-3-15)24-31-30-23-8-5-17(12-33(23)24)16-4-6-19(26)18(10-16)11-27/h4-10,12-15H,2-3H2,1H3,(H,29,35). The van der Waals surface area contributed by atoms with Crippen molar-refractivity contribution in [3.8, 4) is 17.2 Å². The summed E-state index contributed by atoms with van der Waals surface area (Å²) in [5.74, 6) is 0.491. The Morgan fingerprint density at radius 3 is 2.71 bits per heavy atom. The molecule has 1 atom stereocenters. The molecule has 1 aliphatic carbocycles. The Kier molecular flexibility index (Phi) is 4.77. The number of fused-ring (bicyclic) bond motifs is 2. The summed E-state index contributed by atoms with van der Waals surface area (Å²) in [6.45, 7) is 1.98. The van der Waals surface area contributed by atoms with Crippen LogP contribution in [0.5, 0.6) is 0 Å². The number of hydrogen-bond acceptors (Lipinski definition) is 6. The number of carbonyl (C=O) groups is 1. The van der Waals surface area contributed by atoms with Crippen molar-refractivity contribution in [2.45, 2.75) is 25.7 Å². The molecule has 5 aromatic rings. The summed E-state index contributed by atoms with van der Waals surface area (Å²) in [7, 11) is 0. The molecular weight excluding hydrogens is 447 g/mol. The predicted octanol–water partition coefficient (Wildman–Crippen LogP) is 3.95. The van der Waals surface area contributed by atoms with E-state index in [9.17, 15) is 9.18 Å². The second-order valence-electron chi connectivity index (χ2n) is 8.68. The molecule has 1 N–H and O–H groups in total. The summed E-state index contributed by atoms with van der Waals surface area (Å²) in [6, 6.07) is 13.8. The van der Waals surface area contributed by atoms with Gasteiger partial charge in [0.2, 0.25) is 5.91 Å². The number of hydrogen-bond donors (Lipinski definition) is 1. The van der Waals surface area contributed by atoms with Crippen LogP contribution in [0.4, 0.5) is 10.2 Å². The lowest BCUT2D eigenvalue weighted by molar-refractivity contribution is -0.117. The molecule has 1 aromatic carbocycles. The Morgan fingerprint density at radius 2 is 1.91 bits per heavy atom. The molecular formula is C25H19FN8O. The number of nitriles is 1. The van der Waals surface area contributed by atoms with Crippen molar-refractivity contribution in [2.75, 3.05) is 5.32 Å². The number of benzene rings is 1. The minimum atomic E-state index is -0.549. The van der Waals surface area contributed by atoms with Crippen LogP contribution in [0, 0.1) is 23.1 Å². The average molecular weight is 466 g/mol. The smallest absolute Gasteiger partial charge is 0.228 e. The van der Waals surface area contributed by atoms with Gasteiger partial charge in [0.1, 0.15) is 17.7 Å². The molecule has 1 amide bonds. The topological polar surface area (TPSA) is 113 Å². The van der Waals surface area contributed by atoms with Crippen molar-refractivity contribution < 1.29 is 9.18 Å². The average Bonchev–Trinajstić information content (AvgIpc) is 3.52. The maximum absolute atomic E-state index is 13.8. The molecule has 0 radical (unpaired) electrons.